The van der Waals surface area contributed by atoms with Gasteiger partial charge in [0.05, 0.1) is 21.7 Å². The van der Waals surface area contributed by atoms with Crippen LogP contribution in [0.2, 0.25) is 0 Å². The van der Waals surface area contributed by atoms with Gasteiger partial charge in [-0.3, -0.25) is 9.59 Å². The third-order valence-electron chi connectivity index (χ3n) is 12.9. The smallest absolute Gasteiger partial charge is 0.256 e. The highest BCUT2D eigenvalue weighted by atomic mass is 32.1. The number of carbonyl (C=O) groups excluding carboxylic acids is 2. The van der Waals surface area contributed by atoms with E-state index in [-0.39, 0.29) is 18.1 Å². The van der Waals surface area contributed by atoms with Crippen molar-refractivity contribution in [2.45, 2.75) is 163 Å². The Morgan fingerprint density at radius 3 is 1.27 bits per heavy atom. The van der Waals surface area contributed by atoms with Gasteiger partial charge in [0.15, 0.2) is 5.78 Å². The van der Waals surface area contributed by atoms with Crippen molar-refractivity contribution in [2.24, 2.45) is 0 Å². The molecule has 8 rings (SSSR count). The zero-order chi connectivity index (χ0) is 44.4. The first-order chi connectivity index (χ1) is 31.4. The maximum atomic E-state index is 14.1. The summed E-state index contributed by atoms with van der Waals surface area (Å²) < 4.78 is 0. The summed E-state index contributed by atoms with van der Waals surface area (Å²) in [5, 5.41) is 7.64. The van der Waals surface area contributed by atoms with Crippen molar-refractivity contribution < 1.29 is 9.59 Å². The third-order valence-corrected chi connectivity index (χ3v) is 20.2. The zero-order valence-corrected chi connectivity index (χ0v) is 43.3. The molecule has 6 aromatic rings. The molecule has 0 fully saturated rings. The number of rotatable bonds is 26. The number of fused-ring (bicyclic) bond motifs is 1. The number of hydrogen-bond donors (Lipinski definition) is 1. The highest BCUT2D eigenvalue weighted by molar-refractivity contribution is 7.27. The van der Waals surface area contributed by atoms with Crippen LogP contribution in [-0.4, -0.2) is 11.7 Å². The summed E-state index contributed by atoms with van der Waals surface area (Å²) >= 11 is 11.1. The number of nitrogens with one attached hydrogen (secondary N) is 1. The molecule has 3 nitrogen and oxygen atoms in total. The number of Topliss-reactive ketones (excluding diaryl/α,β-unsaturated/α-hetero) is 1. The summed E-state index contributed by atoms with van der Waals surface area (Å²) in [5.41, 5.74) is 8.94. The minimum absolute atomic E-state index is 0.0485. The normalized spacial score (nSPS) is 13.9. The zero-order valence-electron chi connectivity index (χ0n) is 38.4. The van der Waals surface area contributed by atoms with Gasteiger partial charge in [-0.15, -0.1) is 68.0 Å². The van der Waals surface area contributed by atoms with Crippen LogP contribution in [0.15, 0.2) is 70.4 Å². The first kappa shape index (κ1) is 47.3. The molecule has 0 bridgehead atoms. The molecule has 0 radical (unpaired) electrons. The van der Waals surface area contributed by atoms with E-state index in [1.165, 1.54) is 153 Å². The molecule has 2 aliphatic rings. The molecule has 1 aliphatic carbocycles. The lowest BCUT2D eigenvalue weighted by atomic mass is 9.96. The van der Waals surface area contributed by atoms with Crippen LogP contribution >= 0.6 is 68.0 Å². The molecule has 1 amide bonds. The molecule has 64 heavy (non-hydrogen) atoms. The second kappa shape index (κ2) is 23.0. The monoisotopic (exact) mass is 963 g/mol. The number of ketones is 1. The van der Waals surface area contributed by atoms with Crippen LogP contribution in [0, 0.1) is 0 Å². The highest BCUT2D eigenvalue weighted by Gasteiger charge is 2.41. The van der Waals surface area contributed by atoms with Gasteiger partial charge in [0.2, 0.25) is 0 Å². The second-order valence-electron chi connectivity index (χ2n) is 17.6. The van der Waals surface area contributed by atoms with Crippen LogP contribution in [0.1, 0.15) is 169 Å². The SMILES string of the molecule is CCCCCCc1c(-c2cccs2)sc(-c2ccc(C3=C4C(=O)NC(c5ccc(-c6sc(-c7cccs7)c(CCCCCC)c6CCCCCC)s5)=C4C(=O)C3)s2)c1CCCCCC. The number of thiophene rings is 6. The van der Waals surface area contributed by atoms with E-state index in [1.807, 2.05) is 45.3 Å². The fourth-order valence-corrected chi connectivity index (χ4v) is 16.5. The van der Waals surface area contributed by atoms with Gasteiger partial charge in [-0.05, 0) is 126 Å². The van der Waals surface area contributed by atoms with E-state index in [0.29, 0.717) is 16.8 Å². The number of carbonyl (C=O) groups is 2. The van der Waals surface area contributed by atoms with Crippen molar-refractivity contribution in [2.75, 3.05) is 0 Å². The molecule has 0 unspecified atom stereocenters. The maximum Gasteiger partial charge on any atom is 0.256 e. The van der Waals surface area contributed by atoms with E-state index < -0.39 is 0 Å². The summed E-state index contributed by atoms with van der Waals surface area (Å²) in [4.78, 5) is 41.1. The molecular formula is C55H65NO2S6. The van der Waals surface area contributed by atoms with E-state index in [4.69, 9.17) is 0 Å². The predicted octanol–water partition coefficient (Wildman–Crippen LogP) is 18.5. The summed E-state index contributed by atoms with van der Waals surface area (Å²) in [6, 6.07) is 17.8. The van der Waals surface area contributed by atoms with Crippen LogP contribution in [0.3, 0.4) is 0 Å². The Morgan fingerprint density at radius 2 is 0.844 bits per heavy atom. The van der Waals surface area contributed by atoms with Gasteiger partial charge in [0.1, 0.15) is 0 Å². The fraction of sp³-hybridized carbons (Fsp3) is 0.455. The van der Waals surface area contributed by atoms with E-state index in [2.05, 4.69) is 92.3 Å². The predicted molar refractivity (Wildman–Crippen MR) is 285 cm³/mol. The number of allylic oxidation sites excluding steroid dienone is 1. The summed E-state index contributed by atoms with van der Waals surface area (Å²) in [5.74, 6) is -0.0904. The lowest BCUT2D eigenvalue weighted by Gasteiger charge is -2.09. The number of amides is 1. The van der Waals surface area contributed by atoms with Crippen molar-refractivity contribution in [1.82, 2.24) is 5.32 Å². The van der Waals surface area contributed by atoms with Crippen molar-refractivity contribution in [1.29, 1.82) is 0 Å². The third kappa shape index (κ3) is 10.5. The van der Waals surface area contributed by atoms with E-state index in [0.717, 1.165) is 41.0 Å². The minimum Gasteiger partial charge on any atom is -0.320 e. The Balaban J connectivity index is 1.13. The van der Waals surface area contributed by atoms with Crippen LogP contribution in [0.5, 0.6) is 0 Å². The number of hydrogen-bond acceptors (Lipinski definition) is 8. The average Bonchev–Trinajstić information content (AvgIpc) is 4.15. The molecule has 0 saturated carbocycles. The molecule has 338 valence electrons. The minimum atomic E-state index is -0.139. The molecule has 6 aromatic heterocycles. The van der Waals surface area contributed by atoms with E-state index in [9.17, 15) is 9.59 Å². The summed E-state index contributed by atoms with van der Waals surface area (Å²) in [6.07, 6.45) is 24.7. The van der Waals surface area contributed by atoms with Gasteiger partial charge < -0.3 is 5.32 Å². The highest BCUT2D eigenvalue weighted by Crippen LogP contribution is 2.52. The Bertz CT molecular complexity index is 2370. The van der Waals surface area contributed by atoms with Gasteiger partial charge in [-0.1, -0.05) is 117 Å². The van der Waals surface area contributed by atoms with Gasteiger partial charge >= 0.3 is 0 Å². The molecular weight excluding hydrogens is 899 g/mol. The fourth-order valence-electron chi connectivity index (χ4n) is 9.57. The first-order valence-electron chi connectivity index (χ1n) is 24.4. The topological polar surface area (TPSA) is 46.2 Å². The lowest BCUT2D eigenvalue weighted by molar-refractivity contribution is -0.116. The molecule has 0 spiro atoms. The summed E-state index contributed by atoms with van der Waals surface area (Å²) in [7, 11) is 0. The Kier molecular flexibility index (Phi) is 17.0. The largest absolute Gasteiger partial charge is 0.320 e. The maximum absolute atomic E-state index is 14.1. The molecule has 1 aliphatic heterocycles. The van der Waals surface area contributed by atoms with Crippen LogP contribution < -0.4 is 5.32 Å². The lowest BCUT2D eigenvalue weighted by Crippen LogP contribution is -2.16. The quantitative estimate of drug-likeness (QED) is 0.0551. The van der Waals surface area contributed by atoms with E-state index >= 15 is 0 Å². The van der Waals surface area contributed by atoms with E-state index in [1.54, 1.807) is 33.8 Å². The van der Waals surface area contributed by atoms with Gasteiger partial charge in [-0.25, -0.2) is 0 Å². The molecule has 0 atom stereocenters. The van der Waals surface area contributed by atoms with Crippen LogP contribution in [0.4, 0.5) is 0 Å². The molecule has 7 heterocycles. The standard InChI is InChI=1S/C55H65NO2S6/c1-5-9-13-17-23-36-38(25-19-15-11-7-3)53(63-51(36)44-27-21-33-59-44)46-31-29-42(61-46)40-35-41(57)49-48(40)55(58)56-50(49)43-30-32-47(62-43)54-39(26-20-16-12-8-4)37(24-18-14-10-6-2)52(64-54)45-28-22-34-60-45/h21-22,27-34H,5-20,23-26,35H2,1-4H3,(H,56,58). The van der Waals surface area contributed by atoms with Crippen molar-refractivity contribution in [3.63, 3.8) is 0 Å². The van der Waals surface area contributed by atoms with Crippen molar-refractivity contribution in [3.05, 3.63) is 102 Å². The molecule has 0 aromatic carbocycles. The Morgan fingerprint density at radius 1 is 0.438 bits per heavy atom. The second-order valence-corrected chi connectivity index (χ2v) is 23.7. The van der Waals surface area contributed by atoms with Gasteiger partial charge in [0.25, 0.3) is 5.91 Å². The Labute approximate surface area is 406 Å². The summed E-state index contributed by atoms with van der Waals surface area (Å²) in [6.45, 7) is 9.15. The first-order valence-corrected chi connectivity index (χ1v) is 29.4. The van der Waals surface area contributed by atoms with Crippen LogP contribution in [-0.2, 0) is 35.3 Å². The average molecular weight is 965 g/mol. The van der Waals surface area contributed by atoms with Gasteiger partial charge in [-0.2, -0.15) is 0 Å². The van der Waals surface area contributed by atoms with Gasteiger partial charge in [0, 0.05) is 50.3 Å². The van der Waals surface area contributed by atoms with Crippen molar-refractivity contribution in [3.8, 4) is 39.0 Å². The Hall–Kier alpha value is -3.18. The molecule has 1 N–H and O–H groups in total. The van der Waals surface area contributed by atoms with Crippen LogP contribution in [0.25, 0.3) is 50.3 Å². The molecule has 0 saturated heterocycles. The molecule has 9 heteroatoms. The van der Waals surface area contributed by atoms with Crippen molar-refractivity contribution >= 4 is 91.0 Å². The number of unbranched alkanes of at least 4 members (excludes halogenated alkanes) is 12.